The highest BCUT2D eigenvalue weighted by molar-refractivity contribution is 7.98. The first-order chi connectivity index (χ1) is 6.33. The molecule has 0 bridgehead atoms. The van der Waals surface area contributed by atoms with Crippen LogP contribution in [-0.4, -0.2) is 28.6 Å². The van der Waals surface area contributed by atoms with Crippen molar-refractivity contribution in [3.05, 3.63) is 12.4 Å². The maximum Gasteiger partial charge on any atom is 0.202 e. The largest absolute Gasteiger partial charge is 0.359 e. The van der Waals surface area contributed by atoms with Gasteiger partial charge >= 0.3 is 0 Å². The number of nitrogens with zero attached hydrogens (tertiary/aromatic N) is 2. The quantitative estimate of drug-likeness (QED) is 0.788. The molecule has 1 aromatic heterocycles. The molecular formula is C9H17N3S. The Morgan fingerprint density at radius 2 is 2.46 bits per heavy atom. The van der Waals surface area contributed by atoms with E-state index >= 15 is 0 Å². The molecule has 1 aromatic rings. The summed E-state index contributed by atoms with van der Waals surface area (Å²) < 4.78 is 2.20. The number of anilines is 1. The fraction of sp³-hybridized carbons (Fsp3) is 0.667. The zero-order chi connectivity index (χ0) is 9.68. The van der Waals surface area contributed by atoms with Gasteiger partial charge in [-0.25, -0.2) is 4.98 Å². The predicted molar refractivity (Wildman–Crippen MR) is 59.5 cm³/mol. The molecule has 0 aromatic carbocycles. The third kappa shape index (κ3) is 2.40. The third-order valence-electron chi connectivity index (χ3n) is 2.12. The summed E-state index contributed by atoms with van der Waals surface area (Å²) in [4.78, 5) is 4.23. The maximum absolute atomic E-state index is 4.23. The molecular weight excluding hydrogens is 182 g/mol. The van der Waals surface area contributed by atoms with Crippen molar-refractivity contribution < 1.29 is 0 Å². The van der Waals surface area contributed by atoms with Gasteiger partial charge in [-0.2, -0.15) is 11.8 Å². The summed E-state index contributed by atoms with van der Waals surface area (Å²) in [7, 11) is 1.91. The Labute approximate surface area is 83.9 Å². The minimum Gasteiger partial charge on any atom is -0.359 e. The van der Waals surface area contributed by atoms with Gasteiger partial charge in [0.25, 0.3) is 0 Å². The maximum atomic E-state index is 4.23. The number of hydrogen-bond acceptors (Lipinski definition) is 3. The number of rotatable bonds is 5. The van der Waals surface area contributed by atoms with E-state index < -0.39 is 0 Å². The molecule has 1 unspecified atom stereocenters. The zero-order valence-corrected chi connectivity index (χ0v) is 9.27. The van der Waals surface area contributed by atoms with Gasteiger partial charge in [-0.15, -0.1) is 0 Å². The van der Waals surface area contributed by atoms with Crippen LogP contribution in [0, 0.1) is 0 Å². The van der Waals surface area contributed by atoms with Crippen LogP contribution in [0.3, 0.4) is 0 Å². The van der Waals surface area contributed by atoms with Crippen molar-refractivity contribution in [1.82, 2.24) is 9.55 Å². The minimum absolute atomic E-state index is 0.556. The molecule has 1 rings (SSSR count). The van der Waals surface area contributed by atoms with Crippen molar-refractivity contribution in [3.63, 3.8) is 0 Å². The van der Waals surface area contributed by atoms with Crippen LogP contribution in [0.4, 0.5) is 5.95 Å². The number of nitrogens with one attached hydrogen (secondary N) is 1. The molecule has 0 amide bonds. The van der Waals surface area contributed by atoms with Gasteiger partial charge in [0.2, 0.25) is 5.95 Å². The SMILES string of the molecule is CCC(CSC)n1ccnc1NC. The number of thioether (sulfide) groups is 1. The highest BCUT2D eigenvalue weighted by Gasteiger charge is 2.10. The fourth-order valence-electron chi connectivity index (χ4n) is 1.39. The molecule has 3 nitrogen and oxygen atoms in total. The second-order valence-corrected chi connectivity index (χ2v) is 3.84. The molecule has 0 aliphatic rings. The summed E-state index contributed by atoms with van der Waals surface area (Å²) in [5.41, 5.74) is 0. The highest BCUT2D eigenvalue weighted by Crippen LogP contribution is 2.20. The van der Waals surface area contributed by atoms with Crippen LogP contribution in [0.2, 0.25) is 0 Å². The summed E-state index contributed by atoms with van der Waals surface area (Å²) in [5.74, 6) is 2.10. The van der Waals surface area contributed by atoms with E-state index in [4.69, 9.17) is 0 Å². The van der Waals surface area contributed by atoms with Gasteiger partial charge in [0.05, 0.1) is 0 Å². The van der Waals surface area contributed by atoms with Gasteiger partial charge < -0.3 is 9.88 Å². The van der Waals surface area contributed by atoms with Gasteiger partial charge in [0.1, 0.15) is 0 Å². The summed E-state index contributed by atoms with van der Waals surface area (Å²) >= 11 is 1.88. The molecule has 0 saturated carbocycles. The van der Waals surface area contributed by atoms with E-state index in [0.717, 1.165) is 18.1 Å². The van der Waals surface area contributed by atoms with Gasteiger partial charge in [-0.05, 0) is 12.7 Å². The monoisotopic (exact) mass is 199 g/mol. The van der Waals surface area contributed by atoms with E-state index in [9.17, 15) is 0 Å². The van der Waals surface area contributed by atoms with E-state index in [2.05, 4.69) is 28.0 Å². The Morgan fingerprint density at radius 1 is 1.69 bits per heavy atom. The number of aromatic nitrogens is 2. The number of hydrogen-bond donors (Lipinski definition) is 1. The molecule has 0 radical (unpaired) electrons. The molecule has 74 valence electrons. The zero-order valence-electron chi connectivity index (χ0n) is 8.45. The summed E-state index contributed by atoms with van der Waals surface area (Å²) in [6, 6.07) is 0.556. The molecule has 0 saturated heterocycles. The second-order valence-electron chi connectivity index (χ2n) is 2.93. The van der Waals surface area contributed by atoms with Crippen molar-refractivity contribution in [1.29, 1.82) is 0 Å². The van der Waals surface area contributed by atoms with E-state index in [-0.39, 0.29) is 0 Å². The van der Waals surface area contributed by atoms with E-state index in [1.54, 1.807) is 0 Å². The Kier molecular flexibility index (Phi) is 4.15. The normalized spacial score (nSPS) is 12.8. The van der Waals surface area contributed by atoms with E-state index in [0.29, 0.717) is 6.04 Å². The molecule has 1 heterocycles. The molecule has 0 aliphatic carbocycles. The van der Waals surface area contributed by atoms with Crippen molar-refractivity contribution in [3.8, 4) is 0 Å². The van der Waals surface area contributed by atoms with Crippen LogP contribution in [-0.2, 0) is 0 Å². The van der Waals surface area contributed by atoms with E-state index in [1.165, 1.54) is 0 Å². The van der Waals surface area contributed by atoms with Crippen LogP contribution in [0.5, 0.6) is 0 Å². The minimum atomic E-state index is 0.556. The average molecular weight is 199 g/mol. The predicted octanol–water partition coefficient (Wildman–Crippen LogP) is 2.24. The highest BCUT2D eigenvalue weighted by atomic mass is 32.2. The van der Waals surface area contributed by atoms with Crippen LogP contribution in [0.25, 0.3) is 0 Å². The molecule has 0 aliphatic heterocycles. The van der Waals surface area contributed by atoms with Crippen molar-refractivity contribution in [2.75, 3.05) is 24.4 Å². The molecule has 1 atom stereocenters. The Hall–Kier alpha value is -0.640. The summed E-state index contributed by atoms with van der Waals surface area (Å²) in [6.45, 7) is 2.21. The van der Waals surface area contributed by atoms with Gasteiger partial charge in [0.15, 0.2) is 0 Å². The second kappa shape index (κ2) is 5.17. The average Bonchev–Trinajstić information content (AvgIpc) is 2.61. The van der Waals surface area contributed by atoms with E-state index in [1.807, 2.05) is 31.2 Å². The standard InChI is InChI=1S/C9H17N3S/c1-4-8(7-13-3)12-6-5-11-9(12)10-2/h5-6,8H,4,7H2,1-3H3,(H,10,11). The van der Waals surface area contributed by atoms with Gasteiger partial charge in [-0.3, -0.25) is 0 Å². The van der Waals surface area contributed by atoms with Crippen molar-refractivity contribution in [2.24, 2.45) is 0 Å². The molecule has 13 heavy (non-hydrogen) atoms. The Bertz CT molecular complexity index is 247. The topological polar surface area (TPSA) is 29.9 Å². The van der Waals surface area contributed by atoms with Gasteiger partial charge in [-0.1, -0.05) is 6.92 Å². The van der Waals surface area contributed by atoms with Gasteiger partial charge in [0, 0.05) is 31.2 Å². The first-order valence-corrected chi connectivity index (χ1v) is 5.92. The molecule has 0 fully saturated rings. The molecule has 4 heteroatoms. The summed E-state index contributed by atoms with van der Waals surface area (Å²) in [5, 5.41) is 3.09. The summed E-state index contributed by atoms with van der Waals surface area (Å²) in [6.07, 6.45) is 7.16. The van der Waals surface area contributed by atoms with Crippen molar-refractivity contribution in [2.45, 2.75) is 19.4 Å². The first-order valence-electron chi connectivity index (χ1n) is 4.53. The smallest absolute Gasteiger partial charge is 0.202 e. The third-order valence-corrected chi connectivity index (χ3v) is 2.83. The number of imidazole rings is 1. The molecule has 1 N–H and O–H groups in total. The Morgan fingerprint density at radius 3 is 3.00 bits per heavy atom. The lowest BCUT2D eigenvalue weighted by Gasteiger charge is -2.17. The van der Waals surface area contributed by atoms with Crippen LogP contribution in [0.1, 0.15) is 19.4 Å². The van der Waals surface area contributed by atoms with Crippen LogP contribution >= 0.6 is 11.8 Å². The lowest BCUT2D eigenvalue weighted by molar-refractivity contribution is 0.545. The molecule has 0 spiro atoms. The Balaban J connectivity index is 2.77. The first kappa shape index (κ1) is 10.4. The van der Waals surface area contributed by atoms with Crippen LogP contribution in [0.15, 0.2) is 12.4 Å². The lowest BCUT2D eigenvalue weighted by Crippen LogP contribution is -2.12. The fourth-order valence-corrected chi connectivity index (χ4v) is 2.17. The van der Waals surface area contributed by atoms with Crippen LogP contribution < -0.4 is 5.32 Å². The van der Waals surface area contributed by atoms with Crippen molar-refractivity contribution >= 4 is 17.7 Å². The lowest BCUT2D eigenvalue weighted by atomic mass is 10.2.